The highest BCUT2D eigenvalue weighted by Gasteiger charge is 2.75. The molecule has 3 heterocycles. The number of likely N-dealkylation sites (N-methyl/N-ethyl adjacent to an activating group) is 1. The molecule has 0 aliphatic carbocycles. The fourth-order valence-corrected chi connectivity index (χ4v) is 8.12. The standard InChI is InChI=1S/C40H45N3O7/c1-5-7-17-32(45)41(4)26(3)35(28-14-9-8-10-15-28)49-39(48)33-31-20-21-40(50-31)34(33)37(46)43(23-24-44)36(40)38(47)42(22-6-2)30-19-18-27-13-11-12-16-29(27)25-30/h5-6,8-16,18-19,25-26,31,33-36,44H,1-2,7,17,20-24H2,3-4H3/t26-,31+,33-,34-,35+,36+,40-/m1/s1. The zero-order valence-electron chi connectivity index (χ0n) is 28.6. The van der Waals surface area contributed by atoms with E-state index in [4.69, 9.17) is 9.47 Å². The minimum absolute atomic E-state index is 0.0930. The maximum Gasteiger partial charge on any atom is 0.313 e. The van der Waals surface area contributed by atoms with Gasteiger partial charge >= 0.3 is 5.97 Å². The van der Waals surface area contributed by atoms with Crippen LogP contribution in [0.4, 0.5) is 5.69 Å². The average molecular weight is 680 g/mol. The molecule has 1 N–H and O–H groups in total. The van der Waals surface area contributed by atoms with Crippen LogP contribution in [0.2, 0.25) is 0 Å². The lowest BCUT2D eigenvalue weighted by Gasteiger charge is -2.36. The second kappa shape index (κ2) is 14.6. The monoisotopic (exact) mass is 679 g/mol. The van der Waals surface area contributed by atoms with E-state index in [1.807, 2.05) is 79.7 Å². The summed E-state index contributed by atoms with van der Waals surface area (Å²) in [7, 11) is 1.68. The average Bonchev–Trinajstić information content (AvgIpc) is 3.78. The summed E-state index contributed by atoms with van der Waals surface area (Å²) in [6.45, 7) is 9.14. The largest absolute Gasteiger partial charge is 0.455 e. The first-order valence-electron chi connectivity index (χ1n) is 17.3. The number of anilines is 1. The van der Waals surface area contributed by atoms with Crippen LogP contribution in [0.3, 0.4) is 0 Å². The molecule has 3 aliphatic rings. The van der Waals surface area contributed by atoms with Gasteiger partial charge in [-0.3, -0.25) is 19.2 Å². The van der Waals surface area contributed by atoms with Crippen molar-refractivity contribution in [2.75, 3.05) is 31.6 Å². The highest BCUT2D eigenvalue weighted by atomic mass is 16.6. The molecular weight excluding hydrogens is 634 g/mol. The summed E-state index contributed by atoms with van der Waals surface area (Å²) in [6, 6.07) is 21.2. The summed E-state index contributed by atoms with van der Waals surface area (Å²) >= 11 is 0. The molecular formula is C40H45N3O7. The van der Waals surface area contributed by atoms with Gasteiger partial charge in [0.25, 0.3) is 5.91 Å². The van der Waals surface area contributed by atoms with Gasteiger partial charge in [-0.25, -0.2) is 0 Å². The molecule has 3 fully saturated rings. The zero-order chi connectivity index (χ0) is 35.6. The van der Waals surface area contributed by atoms with Crippen LogP contribution in [0.25, 0.3) is 10.8 Å². The molecule has 2 bridgehead atoms. The molecule has 3 aliphatic heterocycles. The second-order valence-corrected chi connectivity index (χ2v) is 13.4. The minimum atomic E-state index is -1.28. The van der Waals surface area contributed by atoms with Crippen LogP contribution < -0.4 is 4.90 Å². The number of carbonyl (C=O) groups excluding carboxylic acids is 4. The van der Waals surface area contributed by atoms with Crippen LogP contribution in [0.5, 0.6) is 0 Å². The second-order valence-electron chi connectivity index (χ2n) is 13.4. The number of aliphatic hydroxyl groups is 1. The number of fused-ring (bicyclic) bond motifs is 2. The van der Waals surface area contributed by atoms with Crippen molar-refractivity contribution in [2.45, 2.75) is 62.5 Å². The molecule has 0 aromatic heterocycles. The summed E-state index contributed by atoms with van der Waals surface area (Å²) in [6.07, 6.45) is 3.52. The summed E-state index contributed by atoms with van der Waals surface area (Å²) in [4.78, 5) is 61.0. The van der Waals surface area contributed by atoms with Crippen LogP contribution in [-0.2, 0) is 28.7 Å². The van der Waals surface area contributed by atoms with Crippen molar-refractivity contribution >= 4 is 40.2 Å². The third-order valence-electron chi connectivity index (χ3n) is 10.6. The normalized spacial score (nSPS) is 24.8. The number of carbonyl (C=O) groups is 4. The Morgan fingerprint density at radius 2 is 1.78 bits per heavy atom. The van der Waals surface area contributed by atoms with Crippen molar-refractivity contribution in [3.63, 3.8) is 0 Å². The van der Waals surface area contributed by atoms with Gasteiger partial charge < -0.3 is 29.3 Å². The third-order valence-corrected chi connectivity index (χ3v) is 10.6. The number of rotatable bonds is 14. The first kappa shape index (κ1) is 35.0. The molecule has 3 aromatic carbocycles. The molecule has 0 unspecified atom stereocenters. The van der Waals surface area contributed by atoms with E-state index in [1.165, 1.54) is 4.90 Å². The summed E-state index contributed by atoms with van der Waals surface area (Å²) in [5, 5.41) is 12.1. The summed E-state index contributed by atoms with van der Waals surface area (Å²) < 4.78 is 12.9. The summed E-state index contributed by atoms with van der Waals surface area (Å²) in [5.74, 6) is -3.45. The molecule has 0 saturated carbocycles. The summed E-state index contributed by atoms with van der Waals surface area (Å²) in [5.41, 5.74) is 0.0673. The SMILES string of the molecule is C=CCCC(=O)N(C)[C@H](C)[C@H](OC(=O)[C@@H]1[C@@H]2CC[C@]3(O2)[C@H](C(=O)N(CC=C)c2ccc4ccccc4c2)N(CCO)C(=O)[C@@H]13)c1ccccc1. The van der Waals surface area contributed by atoms with Gasteiger partial charge in [0.1, 0.15) is 17.7 Å². The quantitative estimate of drug-likeness (QED) is 0.192. The van der Waals surface area contributed by atoms with E-state index in [0.717, 1.165) is 10.8 Å². The Bertz CT molecular complexity index is 1780. The van der Waals surface area contributed by atoms with Crippen LogP contribution in [0, 0.1) is 11.8 Å². The van der Waals surface area contributed by atoms with Crippen molar-refractivity contribution in [3.8, 4) is 0 Å². The third kappa shape index (κ3) is 6.11. The number of amides is 3. The van der Waals surface area contributed by atoms with Crippen molar-refractivity contribution in [3.05, 3.63) is 104 Å². The van der Waals surface area contributed by atoms with E-state index in [9.17, 15) is 24.3 Å². The number of ether oxygens (including phenoxy) is 2. The van der Waals surface area contributed by atoms with E-state index in [2.05, 4.69) is 13.2 Å². The van der Waals surface area contributed by atoms with Gasteiger partial charge in [0.2, 0.25) is 11.8 Å². The van der Waals surface area contributed by atoms with E-state index in [0.29, 0.717) is 30.5 Å². The Labute approximate surface area is 292 Å². The molecule has 10 nitrogen and oxygen atoms in total. The fourth-order valence-electron chi connectivity index (χ4n) is 8.12. The molecule has 1 spiro atoms. The number of likely N-dealkylation sites (tertiary alicyclic amines) is 1. The van der Waals surface area contributed by atoms with E-state index in [1.54, 1.807) is 29.0 Å². The lowest BCUT2D eigenvalue weighted by atomic mass is 9.70. The lowest BCUT2D eigenvalue weighted by molar-refractivity contribution is -0.164. The number of aliphatic hydroxyl groups excluding tert-OH is 1. The number of esters is 1. The molecule has 3 amide bonds. The van der Waals surface area contributed by atoms with Crippen LogP contribution >= 0.6 is 0 Å². The van der Waals surface area contributed by atoms with Crippen molar-refractivity contribution in [1.29, 1.82) is 0 Å². The molecule has 7 atom stereocenters. The number of hydrogen-bond donors (Lipinski definition) is 1. The van der Waals surface area contributed by atoms with Gasteiger partial charge in [-0.15, -0.1) is 13.2 Å². The van der Waals surface area contributed by atoms with E-state index < -0.39 is 53.6 Å². The molecule has 3 saturated heterocycles. The van der Waals surface area contributed by atoms with Crippen molar-refractivity contribution < 1.29 is 33.8 Å². The molecule has 262 valence electrons. The predicted octanol–water partition coefficient (Wildman–Crippen LogP) is 4.82. The van der Waals surface area contributed by atoms with Crippen LogP contribution in [-0.4, -0.2) is 89.1 Å². The number of allylic oxidation sites excluding steroid dienone is 1. The fraction of sp³-hybridized carbons (Fsp3) is 0.400. The molecule has 50 heavy (non-hydrogen) atoms. The van der Waals surface area contributed by atoms with Gasteiger partial charge in [-0.1, -0.05) is 72.8 Å². The Morgan fingerprint density at radius 1 is 1.06 bits per heavy atom. The lowest BCUT2D eigenvalue weighted by Crippen LogP contribution is -2.56. The van der Waals surface area contributed by atoms with Crippen LogP contribution in [0.1, 0.15) is 44.3 Å². The van der Waals surface area contributed by atoms with Crippen LogP contribution in [0.15, 0.2) is 98.1 Å². The highest BCUT2D eigenvalue weighted by molar-refractivity contribution is 6.05. The predicted molar refractivity (Wildman–Crippen MR) is 190 cm³/mol. The highest BCUT2D eigenvalue weighted by Crippen LogP contribution is 2.59. The van der Waals surface area contributed by atoms with Crippen molar-refractivity contribution in [2.24, 2.45) is 11.8 Å². The maximum absolute atomic E-state index is 14.7. The first-order chi connectivity index (χ1) is 24.2. The Balaban J connectivity index is 1.32. The van der Waals surface area contributed by atoms with Crippen molar-refractivity contribution in [1.82, 2.24) is 9.80 Å². The van der Waals surface area contributed by atoms with Gasteiger partial charge in [-0.2, -0.15) is 0 Å². The van der Waals surface area contributed by atoms with Gasteiger partial charge in [0, 0.05) is 32.2 Å². The Morgan fingerprint density at radius 3 is 2.48 bits per heavy atom. The minimum Gasteiger partial charge on any atom is -0.455 e. The molecule has 10 heteroatoms. The number of nitrogens with zero attached hydrogens (tertiary/aromatic N) is 3. The van der Waals surface area contributed by atoms with E-state index in [-0.39, 0.29) is 37.9 Å². The van der Waals surface area contributed by atoms with Gasteiger partial charge in [0.15, 0.2) is 0 Å². The number of hydrogen-bond acceptors (Lipinski definition) is 7. The Kier molecular flexibility index (Phi) is 10.2. The molecule has 6 rings (SSSR count). The Hall–Kier alpha value is -4.80. The smallest absolute Gasteiger partial charge is 0.313 e. The maximum atomic E-state index is 14.7. The topological polar surface area (TPSA) is 117 Å². The molecule has 0 radical (unpaired) electrons. The first-order valence-corrected chi connectivity index (χ1v) is 17.3. The van der Waals surface area contributed by atoms with E-state index >= 15 is 0 Å². The number of benzene rings is 3. The number of β-amino-alcohol motifs (C(OH)–C–C–N with tert-alkyl or cyclic N) is 1. The van der Waals surface area contributed by atoms with Gasteiger partial charge in [0.05, 0.1) is 30.6 Å². The zero-order valence-corrected chi connectivity index (χ0v) is 28.6. The van der Waals surface area contributed by atoms with Gasteiger partial charge in [-0.05, 0) is 54.7 Å². The molecule has 3 aromatic rings.